The molecule has 9 nitrogen and oxygen atoms in total. The molecule has 0 radical (unpaired) electrons. The number of hydrogen-bond acceptors (Lipinski definition) is 7. The van der Waals surface area contributed by atoms with Gasteiger partial charge in [-0.15, -0.1) is 0 Å². The number of ether oxygens (including phenoxy) is 3. The Balaban J connectivity index is 1.42. The molecule has 264 valence electrons. The number of carbonyl (C=O) groups excluding carboxylic acids is 1. The standard InChI is InChI=1S/C41H44N2O7Si/c1-30-26-43(39(46)42-37(30)44)41(29-47-27-31-17-9-5-10-18-31)25-35(49-38(45)32-19-11-6-12-20-32)36(50-41)28-48-51(40(2,3)4,33-21-13-7-14-22-33)34-23-15-8-16-24-34/h5-24,26,35-36H,25,27-29H2,1-4H3,(H,42,44,46)/t35-,36+,41-/m0/s1. The van der Waals surface area contributed by atoms with Crippen molar-refractivity contribution in [1.29, 1.82) is 0 Å². The highest BCUT2D eigenvalue weighted by atomic mass is 28.4. The van der Waals surface area contributed by atoms with E-state index in [4.69, 9.17) is 18.6 Å². The van der Waals surface area contributed by atoms with E-state index in [1.165, 1.54) is 10.8 Å². The summed E-state index contributed by atoms with van der Waals surface area (Å²) in [5.74, 6) is -0.523. The zero-order chi connectivity index (χ0) is 36.1. The molecule has 0 spiro atoms. The highest BCUT2D eigenvalue weighted by Gasteiger charge is 2.54. The van der Waals surface area contributed by atoms with E-state index in [1.54, 1.807) is 31.2 Å². The number of nitrogens with zero attached hydrogens (tertiary/aromatic N) is 1. The molecule has 3 atom stereocenters. The van der Waals surface area contributed by atoms with Crippen LogP contribution in [-0.2, 0) is 31.0 Å². The fourth-order valence-corrected chi connectivity index (χ4v) is 11.5. The maximum atomic E-state index is 13.6. The Morgan fingerprint density at radius 1 is 0.863 bits per heavy atom. The fraction of sp³-hybridized carbons (Fsp3) is 0.293. The van der Waals surface area contributed by atoms with Gasteiger partial charge >= 0.3 is 11.7 Å². The first-order chi connectivity index (χ1) is 24.5. The second kappa shape index (κ2) is 15.2. The van der Waals surface area contributed by atoms with Crippen LogP contribution in [-0.4, -0.2) is 49.3 Å². The number of benzene rings is 4. The van der Waals surface area contributed by atoms with Crippen LogP contribution in [0.4, 0.5) is 0 Å². The summed E-state index contributed by atoms with van der Waals surface area (Å²) < 4.78 is 28.1. The first kappa shape index (κ1) is 35.9. The molecular weight excluding hydrogens is 661 g/mol. The molecular formula is C41H44N2O7Si. The number of aromatic amines is 1. The average molecular weight is 705 g/mol. The van der Waals surface area contributed by atoms with Crippen LogP contribution in [0.25, 0.3) is 0 Å². The number of hydrogen-bond donors (Lipinski definition) is 1. The summed E-state index contributed by atoms with van der Waals surface area (Å²) in [4.78, 5) is 42.0. The van der Waals surface area contributed by atoms with E-state index >= 15 is 0 Å². The van der Waals surface area contributed by atoms with Gasteiger partial charge in [0.15, 0.2) is 5.72 Å². The lowest BCUT2D eigenvalue weighted by Gasteiger charge is -2.43. The van der Waals surface area contributed by atoms with Crippen molar-refractivity contribution in [3.05, 3.63) is 165 Å². The minimum Gasteiger partial charge on any atom is -0.456 e. The van der Waals surface area contributed by atoms with Gasteiger partial charge in [-0.3, -0.25) is 14.3 Å². The van der Waals surface area contributed by atoms with Gasteiger partial charge in [0.05, 0.1) is 25.4 Å². The summed E-state index contributed by atoms with van der Waals surface area (Å²) >= 11 is 0. The van der Waals surface area contributed by atoms with E-state index in [0.29, 0.717) is 11.1 Å². The van der Waals surface area contributed by atoms with Crippen LogP contribution >= 0.6 is 0 Å². The van der Waals surface area contributed by atoms with Crippen LogP contribution < -0.4 is 21.6 Å². The molecule has 10 heteroatoms. The molecule has 1 N–H and O–H groups in total. The lowest BCUT2D eigenvalue weighted by atomic mass is 10.1. The third-order valence-corrected chi connectivity index (χ3v) is 14.5. The topological polar surface area (TPSA) is 109 Å². The molecule has 1 aliphatic heterocycles. The van der Waals surface area contributed by atoms with Crippen molar-refractivity contribution < 1.29 is 23.4 Å². The van der Waals surface area contributed by atoms with Gasteiger partial charge in [0.1, 0.15) is 12.2 Å². The Morgan fingerprint density at radius 2 is 1.41 bits per heavy atom. The summed E-state index contributed by atoms with van der Waals surface area (Å²) in [6, 6.07) is 38.9. The molecule has 0 aliphatic carbocycles. The number of nitrogens with one attached hydrogen (secondary N) is 1. The van der Waals surface area contributed by atoms with Crippen LogP contribution in [0, 0.1) is 6.92 Å². The molecule has 1 aromatic heterocycles. The van der Waals surface area contributed by atoms with Gasteiger partial charge in [-0.05, 0) is 40.0 Å². The summed E-state index contributed by atoms with van der Waals surface area (Å²) in [7, 11) is -3.04. The first-order valence-electron chi connectivity index (χ1n) is 17.2. The van der Waals surface area contributed by atoms with E-state index in [1.807, 2.05) is 72.8 Å². The molecule has 0 unspecified atom stereocenters. The number of aromatic nitrogens is 2. The van der Waals surface area contributed by atoms with Crippen LogP contribution in [0.3, 0.4) is 0 Å². The van der Waals surface area contributed by atoms with Crippen molar-refractivity contribution in [2.24, 2.45) is 0 Å². The fourth-order valence-electron chi connectivity index (χ4n) is 6.95. The predicted molar refractivity (Wildman–Crippen MR) is 199 cm³/mol. The second-order valence-electron chi connectivity index (χ2n) is 14.0. The van der Waals surface area contributed by atoms with E-state index in [-0.39, 0.29) is 31.3 Å². The van der Waals surface area contributed by atoms with Gasteiger partial charge in [0.25, 0.3) is 13.9 Å². The van der Waals surface area contributed by atoms with Gasteiger partial charge in [0.2, 0.25) is 0 Å². The molecule has 0 amide bonds. The van der Waals surface area contributed by atoms with Crippen molar-refractivity contribution in [3.8, 4) is 0 Å². The summed E-state index contributed by atoms with van der Waals surface area (Å²) in [6.45, 7) is 8.42. The van der Waals surface area contributed by atoms with Crippen LogP contribution in [0.1, 0.15) is 48.7 Å². The van der Waals surface area contributed by atoms with E-state index in [2.05, 4.69) is 50.0 Å². The zero-order valence-electron chi connectivity index (χ0n) is 29.4. The van der Waals surface area contributed by atoms with Crippen LogP contribution in [0.2, 0.25) is 5.04 Å². The van der Waals surface area contributed by atoms with Crippen molar-refractivity contribution >= 4 is 24.7 Å². The minimum absolute atomic E-state index is 0.0531. The Kier molecular flexibility index (Phi) is 10.7. The van der Waals surface area contributed by atoms with Crippen molar-refractivity contribution in [2.75, 3.05) is 13.2 Å². The normalized spacial score (nSPS) is 19.1. The molecule has 1 aliphatic rings. The lowest BCUT2D eigenvalue weighted by molar-refractivity contribution is -0.156. The highest BCUT2D eigenvalue weighted by molar-refractivity contribution is 6.99. The van der Waals surface area contributed by atoms with Crippen molar-refractivity contribution in [1.82, 2.24) is 9.55 Å². The Labute approximate surface area is 298 Å². The lowest BCUT2D eigenvalue weighted by Crippen LogP contribution is -2.67. The maximum absolute atomic E-state index is 13.6. The number of esters is 1. The Bertz CT molecular complexity index is 1990. The number of carbonyl (C=O) groups is 1. The largest absolute Gasteiger partial charge is 0.456 e. The molecule has 4 aromatic carbocycles. The molecule has 0 bridgehead atoms. The predicted octanol–water partition coefficient (Wildman–Crippen LogP) is 5.31. The zero-order valence-corrected chi connectivity index (χ0v) is 30.4. The Morgan fingerprint density at radius 3 is 1.98 bits per heavy atom. The summed E-state index contributed by atoms with van der Waals surface area (Å²) in [6.07, 6.45) is -0.0937. The molecule has 51 heavy (non-hydrogen) atoms. The van der Waals surface area contributed by atoms with E-state index < -0.39 is 43.5 Å². The minimum atomic E-state index is -3.04. The SMILES string of the molecule is Cc1cn([C@@]2(COCc3ccccc3)C[C@H](OC(=O)c3ccccc3)[C@@H](CO[Si](c3ccccc3)(c3ccccc3)C(C)(C)C)O2)c(=O)[nH]c1=O. The molecule has 1 fully saturated rings. The number of rotatable bonds is 12. The van der Waals surface area contributed by atoms with Crippen LogP contribution in [0.15, 0.2) is 137 Å². The molecule has 0 saturated carbocycles. The summed E-state index contributed by atoms with van der Waals surface area (Å²) in [5.41, 5.74) is -0.940. The third kappa shape index (κ3) is 7.59. The number of H-pyrrole nitrogens is 1. The van der Waals surface area contributed by atoms with E-state index in [0.717, 1.165) is 15.9 Å². The van der Waals surface area contributed by atoms with Gasteiger partial charge < -0.3 is 18.6 Å². The molecule has 5 aromatic rings. The number of aryl methyl sites for hydroxylation is 1. The smallest absolute Gasteiger partial charge is 0.338 e. The molecule has 6 rings (SSSR count). The third-order valence-electron chi connectivity index (χ3n) is 9.45. The van der Waals surface area contributed by atoms with Gasteiger partial charge in [-0.25, -0.2) is 9.59 Å². The van der Waals surface area contributed by atoms with Gasteiger partial charge in [-0.1, -0.05) is 130 Å². The highest BCUT2D eigenvalue weighted by Crippen LogP contribution is 2.40. The van der Waals surface area contributed by atoms with Gasteiger partial charge in [0, 0.05) is 18.2 Å². The Hall–Kier alpha value is -4.87. The summed E-state index contributed by atoms with van der Waals surface area (Å²) in [5, 5.41) is 1.85. The average Bonchev–Trinajstić information content (AvgIpc) is 3.48. The first-order valence-corrected chi connectivity index (χ1v) is 19.1. The van der Waals surface area contributed by atoms with Crippen molar-refractivity contribution in [3.63, 3.8) is 0 Å². The quantitative estimate of drug-likeness (QED) is 0.139. The van der Waals surface area contributed by atoms with E-state index in [9.17, 15) is 14.4 Å². The second-order valence-corrected chi connectivity index (χ2v) is 18.3. The maximum Gasteiger partial charge on any atom is 0.338 e. The van der Waals surface area contributed by atoms with Crippen LogP contribution in [0.5, 0.6) is 0 Å². The van der Waals surface area contributed by atoms with Gasteiger partial charge in [-0.2, -0.15) is 0 Å². The molecule has 1 saturated heterocycles. The monoisotopic (exact) mass is 704 g/mol. The van der Waals surface area contributed by atoms with Crippen molar-refractivity contribution in [2.45, 2.75) is 63.7 Å². The molecule has 2 heterocycles.